The maximum Gasteiger partial charge on any atom is 0.262 e. The standard InChI is InChI=1S/C21H22N4O3S/c1-24(2)19(27)12-22-18(26)14-29-21-23-17-11-7-6-10-16(17)20(28)25(21)13-15-8-4-3-5-9-15/h3-11H,12-14H2,1-2H3,(H,22,26). The van der Waals surface area contributed by atoms with E-state index in [4.69, 9.17) is 0 Å². The molecule has 1 N–H and O–H groups in total. The number of carbonyl (C=O) groups excluding carboxylic acids is 2. The van der Waals surface area contributed by atoms with E-state index in [-0.39, 0.29) is 29.7 Å². The molecule has 8 heteroatoms. The molecule has 0 unspecified atom stereocenters. The Bertz CT molecular complexity index is 1080. The van der Waals surface area contributed by atoms with Crippen LogP contribution in [0.2, 0.25) is 0 Å². The van der Waals surface area contributed by atoms with Crippen LogP contribution in [0.1, 0.15) is 5.56 Å². The Morgan fingerprint density at radius 2 is 1.76 bits per heavy atom. The molecule has 150 valence electrons. The van der Waals surface area contributed by atoms with Crippen LogP contribution in [-0.4, -0.2) is 52.7 Å². The van der Waals surface area contributed by atoms with Crippen molar-refractivity contribution in [3.05, 3.63) is 70.5 Å². The van der Waals surface area contributed by atoms with Gasteiger partial charge in [-0.25, -0.2) is 4.98 Å². The van der Waals surface area contributed by atoms with Crippen molar-refractivity contribution in [2.45, 2.75) is 11.7 Å². The molecule has 2 amide bonds. The van der Waals surface area contributed by atoms with Gasteiger partial charge in [0.2, 0.25) is 11.8 Å². The smallest absolute Gasteiger partial charge is 0.262 e. The number of aromatic nitrogens is 2. The Labute approximate surface area is 172 Å². The van der Waals surface area contributed by atoms with E-state index < -0.39 is 0 Å². The van der Waals surface area contributed by atoms with Gasteiger partial charge in [0.05, 0.1) is 29.7 Å². The molecular weight excluding hydrogens is 388 g/mol. The van der Waals surface area contributed by atoms with E-state index in [0.717, 1.165) is 5.56 Å². The third-order valence-electron chi connectivity index (χ3n) is 4.28. The van der Waals surface area contributed by atoms with Gasteiger partial charge in [0, 0.05) is 14.1 Å². The number of carbonyl (C=O) groups is 2. The van der Waals surface area contributed by atoms with Gasteiger partial charge in [0.15, 0.2) is 5.16 Å². The summed E-state index contributed by atoms with van der Waals surface area (Å²) in [5.41, 5.74) is 1.41. The second kappa shape index (κ2) is 9.38. The lowest BCUT2D eigenvalue weighted by Gasteiger charge is -2.14. The summed E-state index contributed by atoms with van der Waals surface area (Å²) in [5.74, 6) is -0.424. The van der Waals surface area contributed by atoms with Crippen LogP contribution in [-0.2, 0) is 16.1 Å². The molecule has 2 aromatic carbocycles. The summed E-state index contributed by atoms with van der Waals surface area (Å²) in [7, 11) is 3.26. The van der Waals surface area contributed by atoms with Crippen LogP contribution in [0.4, 0.5) is 0 Å². The molecule has 0 saturated carbocycles. The maximum atomic E-state index is 13.0. The number of nitrogens with one attached hydrogen (secondary N) is 1. The zero-order chi connectivity index (χ0) is 20.8. The van der Waals surface area contributed by atoms with Crippen molar-refractivity contribution in [3.8, 4) is 0 Å². The molecule has 0 radical (unpaired) electrons. The molecule has 0 aliphatic heterocycles. The molecule has 0 saturated heterocycles. The van der Waals surface area contributed by atoms with Crippen molar-refractivity contribution in [2.24, 2.45) is 0 Å². The van der Waals surface area contributed by atoms with Crippen LogP contribution in [0.3, 0.4) is 0 Å². The first-order valence-electron chi connectivity index (χ1n) is 9.09. The summed E-state index contributed by atoms with van der Waals surface area (Å²) in [6.07, 6.45) is 0. The number of hydrogen-bond donors (Lipinski definition) is 1. The molecule has 1 aromatic heterocycles. The first-order chi connectivity index (χ1) is 14.0. The first kappa shape index (κ1) is 20.6. The fraction of sp³-hybridized carbons (Fsp3) is 0.238. The molecular formula is C21H22N4O3S. The van der Waals surface area contributed by atoms with Gasteiger partial charge >= 0.3 is 0 Å². The van der Waals surface area contributed by atoms with E-state index in [0.29, 0.717) is 22.6 Å². The molecule has 0 fully saturated rings. The number of hydrogen-bond acceptors (Lipinski definition) is 5. The molecule has 29 heavy (non-hydrogen) atoms. The average Bonchev–Trinajstić information content (AvgIpc) is 2.73. The van der Waals surface area contributed by atoms with E-state index in [1.165, 1.54) is 16.7 Å². The number of benzene rings is 2. The van der Waals surface area contributed by atoms with Gasteiger partial charge in [-0.2, -0.15) is 0 Å². The molecule has 3 rings (SSSR count). The Hall–Kier alpha value is -3.13. The van der Waals surface area contributed by atoms with Gasteiger partial charge in [0.25, 0.3) is 5.56 Å². The van der Waals surface area contributed by atoms with Crippen molar-refractivity contribution < 1.29 is 9.59 Å². The fourth-order valence-corrected chi connectivity index (χ4v) is 3.51. The third-order valence-corrected chi connectivity index (χ3v) is 5.25. The number of thioether (sulfide) groups is 1. The summed E-state index contributed by atoms with van der Waals surface area (Å²) in [6, 6.07) is 16.8. The van der Waals surface area contributed by atoms with Gasteiger partial charge in [-0.05, 0) is 17.7 Å². The Morgan fingerprint density at radius 1 is 1.07 bits per heavy atom. The van der Waals surface area contributed by atoms with Gasteiger partial charge in [-0.3, -0.25) is 19.0 Å². The highest BCUT2D eigenvalue weighted by Gasteiger charge is 2.14. The highest BCUT2D eigenvalue weighted by atomic mass is 32.2. The van der Waals surface area contributed by atoms with E-state index in [1.807, 2.05) is 36.4 Å². The number of likely N-dealkylation sites (N-methyl/N-ethyl adjacent to an activating group) is 1. The topological polar surface area (TPSA) is 84.3 Å². The minimum absolute atomic E-state index is 0.0558. The summed E-state index contributed by atoms with van der Waals surface area (Å²) in [5, 5.41) is 3.59. The highest BCUT2D eigenvalue weighted by molar-refractivity contribution is 7.99. The molecule has 0 aliphatic rings. The highest BCUT2D eigenvalue weighted by Crippen LogP contribution is 2.18. The first-order valence-corrected chi connectivity index (χ1v) is 10.1. The largest absolute Gasteiger partial charge is 0.347 e. The van der Waals surface area contributed by atoms with E-state index in [9.17, 15) is 14.4 Å². The van der Waals surface area contributed by atoms with E-state index in [2.05, 4.69) is 10.3 Å². The van der Waals surface area contributed by atoms with E-state index >= 15 is 0 Å². The van der Waals surface area contributed by atoms with Crippen LogP contribution in [0.15, 0.2) is 64.5 Å². The molecule has 7 nitrogen and oxygen atoms in total. The quantitative estimate of drug-likeness (QED) is 0.474. The number of rotatable bonds is 7. The normalized spacial score (nSPS) is 10.7. The third kappa shape index (κ3) is 5.23. The SMILES string of the molecule is CN(C)C(=O)CNC(=O)CSc1nc2ccccc2c(=O)n1Cc1ccccc1. The van der Waals surface area contributed by atoms with Crippen molar-refractivity contribution in [2.75, 3.05) is 26.4 Å². The summed E-state index contributed by atoms with van der Waals surface area (Å²) >= 11 is 1.18. The Kier molecular flexibility index (Phi) is 6.66. The lowest BCUT2D eigenvalue weighted by atomic mass is 10.2. The van der Waals surface area contributed by atoms with Gasteiger partial charge in [-0.1, -0.05) is 54.2 Å². The fourth-order valence-electron chi connectivity index (χ4n) is 2.68. The van der Waals surface area contributed by atoms with Crippen molar-refractivity contribution in [1.82, 2.24) is 19.8 Å². The average molecular weight is 410 g/mol. The van der Waals surface area contributed by atoms with Crippen LogP contribution >= 0.6 is 11.8 Å². The monoisotopic (exact) mass is 410 g/mol. The van der Waals surface area contributed by atoms with Crippen LogP contribution in [0.5, 0.6) is 0 Å². The van der Waals surface area contributed by atoms with Crippen molar-refractivity contribution >= 4 is 34.5 Å². The summed E-state index contributed by atoms with van der Waals surface area (Å²) in [6.45, 7) is 0.301. The van der Waals surface area contributed by atoms with Gasteiger partial charge < -0.3 is 10.2 Å². The van der Waals surface area contributed by atoms with Crippen LogP contribution < -0.4 is 10.9 Å². The number of fused-ring (bicyclic) bond motifs is 1. The van der Waals surface area contributed by atoms with Crippen molar-refractivity contribution in [1.29, 1.82) is 0 Å². The molecule has 0 atom stereocenters. The van der Waals surface area contributed by atoms with E-state index in [1.54, 1.807) is 36.9 Å². The second-order valence-corrected chi connectivity index (χ2v) is 7.58. The predicted molar refractivity (Wildman–Crippen MR) is 114 cm³/mol. The minimum atomic E-state index is -0.293. The molecule has 0 bridgehead atoms. The molecule has 0 aliphatic carbocycles. The zero-order valence-electron chi connectivity index (χ0n) is 16.3. The van der Waals surface area contributed by atoms with Gasteiger partial charge in [-0.15, -0.1) is 0 Å². The summed E-state index contributed by atoms with van der Waals surface area (Å²) in [4.78, 5) is 42.8. The minimum Gasteiger partial charge on any atom is -0.347 e. The number of nitrogens with zero attached hydrogens (tertiary/aromatic N) is 3. The molecule has 1 heterocycles. The summed E-state index contributed by atoms with van der Waals surface area (Å²) < 4.78 is 1.58. The predicted octanol–water partition coefficient (Wildman–Crippen LogP) is 1.74. The molecule has 0 spiro atoms. The zero-order valence-corrected chi connectivity index (χ0v) is 17.1. The van der Waals surface area contributed by atoms with Crippen molar-refractivity contribution in [3.63, 3.8) is 0 Å². The number of para-hydroxylation sites is 1. The maximum absolute atomic E-state index is 13.0. The number of amides is 2. The second-order valence-electron chi connectivity index (χ2n) is 6.64. The Morgan fingerprint density at radius 3 is 2.48 bits per heavy atom. The lowest BCUT2D eigenvalue weighted by molar-refractivity contribution is -0.130. The van der Waals surface area contributed by atoms with Crippen LogP contribution in [0, 0.1) is 0 Å². The lowest BCUT2D eigenvalue weighted by Crippen LogP contribution is -2.37. The van der Waals surface area contributed by atoms with Gasteiger partial charge in [0.1, 0.15) is 0 Å². The van der Waals surface area contributed by atoms with Crippen LogP contribution in [0.25, 0.3) is 10.9 Å². The molecule has 3 aromatic rings. The Balaban J connectivity index is 1.83.